The standard InChI is InChI=1S/C16H15IN2OS/c17-15-10-13(11-21-15)16(20)18-7-3-8-19-9-6-12-4-1-2-5-14(12)19/h1-2,4-6,9-11H,3,7-8H2,(H,18,20). The van der Waals surface area contributed by atoms with E-state index in [1.165, 1.54) is 10.9 Å². The highest BCUT2D eigenvalue weighted by Gasteiger charge is 2.07. The summed E-state index contributed by atoms with van der Waals surface area (Å²) in [5.41, 5.74) is 2.01. The van der Waals surface area contributed by atoms with Gasteiger partial charge in [0.1, 0.15) is 0 Å². The quantitative estimate of drug-likeness (QED) is 0.498. The Bertz CT molecular complexity index is 762. The number of fused-ring (bicyclic) bond motifs is 1. The van der Waals surface area contributed by atoms with Gasteiger partial charge in [0.2, 0.25) is 0 Å². The van der Waals surface area contributed by atoms with Crippen molar-refractivity contribution in [3.63, 3.8) is 0 Å². The predicted octanol–water partition coefficient (Wildman–Crippen LogP) is 4.13. The average molecular weight is 410 g/mol. The Labute approximate surface area is 141 Å². The summed E-state index contributed by atoms with van der Waals surface area (Å²) in [7, 11) is 0. The first kappa shape index (κ1) is 14.6. The number of hydrogen-bond acceptors (Lipinski definition) is 2. The van der Waals surface area contributed by atoms with Crippen LogP contribution in [-0.4, -0.2) is 17.0 Å². The van der Waals surface area contributed by atoms with Crippen LogP contribution in [0.3, 0.4) is 0 Å². The van der Waals surface area contributed by atoms with Crippen LogP contribution < -0.4 is 5.32 Å². The highest BCUT2D eigenvalue weighted by molar-refractivity contribution is 14.1. The zero-order chi connectivity index (χ0) is 14.7. The molecule has 3 nitrogen and oxygen atoms in total. The fourth-order valence-electron chi connectivity index (χ4n) is 2.32. The summed E-state index contributed by atoms with van der Waals surface area (Å²) in [5.74, 6) is 0.0199. The van der Waals surface area contributed by atoms with Crippen LogP contribution in [0.15, 0.2) is 48.0 Å². The first-order chi connectivity index (χ1) is 10.2. The maximum absolute atomic E-state index is 11.9. The smallest absolute Gasteiger partial charge is 0.252 e. The van der Waals surface area contributed by atoms with Gasteiger partial charge in [-0.3, -0.25) is 4.79 Å². The lowest BCUT2D eigenvalue weighted by molar-refractivity contribution is 0.0953. The number of rotatable bonds is 5. The van der Waals surface area contributed by atoms with Gasteiger partial charge >= 0.3 is 0 Å². The average Bonchev–Trinajstić information content (AvgIpc) is 3.10. The first-order valence-corrected chi connectivity index (χ1v) is 8.76. The second-order valence-corrected chi connectivity index (χ2v) is 7.62. The molecular weight excluding hydrogens is 395 g/mol. The van der Waals surface area contributed by atoms with Crippen LogP contribution in [-0.2, 0) is 6.54 Å². The van der Waals surface area contributed by atoms with Crippen molar-refractivity contribution in [3.05, 3.63) is 56.4 Å². The van der Waals surface area contributed by atoms with Gasteiger partial charge in [0.05, 0.1) is 8.45 Å². The third-order valence-electron chi connectivity index (χ3n) is 3.37. The van der Waals surface area contributed by atoms with Crippen LogP contribution in [0.25, 0.3) is 10.9 Å². The van der Waals surface area contributed by atoms with Crippen molar-refractivity contribution < 1.29 is 4.79 Å². The molecule has 0 aliphatic heterocycles. The lowest BCUT2D eigenvalue weighted by Crippen LogP contribution is -2.24. The molecule has 3 rings (SSSR count). The second-order valence-electron chi connectivity index (χ2n) is 4.82. The molecule has 2 heterocycles. The number of carbonyl (C=O) groups excluding carboxylic acids is 1. The van der Waals surface area contributed by atoms with Gasteiger partial charge in [-0.05, 0) is 52.6 Å². The number of nitrogens with one attached hydrogen (secondary N) is 1. The summed E-state index contributed by atoms with van der Waals surface area (Å²) >= 11 is 3.82. The van der Waals surface area contributed by atoms with Gasteiger partial charge in [0.15, 0.2) is 0 Å². The number of aromatic nitrogens is 1. The van der Waals surface area contributed by atoms with Crippen LogP contribution in [0.4, 0.5) is 0 Å². The molecule has 0 spiro atoms. The van der Waals surface area contributed by atoms with Gasteiger partial charge in [-0.2, -0.15) is 0 Å². The van der Waals surface area contributed by atoms with E-state index in [1.807, 2.05) is 11.4 Å². The Balaban J connectivity index is 1.51. The van der Waals surface area contributed by atoms with Crippen molar-refractivity contribution in [2.24, 2.45) is 0 Å². The summed E-state index contributed by atoms with van der Waals surface area (Å²) in [4.78, 5) is 11.9. The SMILES string of the molecule is O=C(NCCCn1ccc2ccccc21)c1csc(I)c1. The molecule has 2 aromatic heterocycles. The summed E-state index contributed by atoms with van der Waals surface area (Å²) < 4.78 is 3.37. The van der Waals surface area contributed by atoms with E-state index in [0.29, 0.717) is 6.54 Å². The van der Waals surface area contributed by atoms with E-state index in [4.69, 9.17) is 0 Å². The van der Waals surface area contributed by atoms with E-state index in [2.05, 4.69) is 69.0 Å². The van der Waals surface area contributed by atoms with Gasteiger partial charge in [0, 0.05) is 30.2 Å². The zero-order valence-electron chi connectivity index (χ0n) is 11.4. The van der Waals surface area contributed by atoms with Crippen molar-refractivity contribution in [3.8, 4) is 0 Å². The first-order valence-electron chi connectivity index (χ1n) is 6.80. The second kappa shape index (κ2) is 6.62. The molecule has 0 radical (unpaired) electrons. The molecule has 0 saturated carbocycles. The fourth-order valence-corrected chi connectivity index (χ4v) is 3.64. The van der Waals surface area contributed by atoms with Crippen molar-refractivity contribution >= 4 is 50.7 Å². The third kappa shape index (κ3) is 3.47. The minimum absolute atomic E-state index is 0.0199. The molecule has 0 aliphatic carbocycles. The van der Waals surface area contributed by atoms with Gasteiger partial charge < -0.3 is 9.88 Å². The van der Waals surface area contributed by atoms with Crippen molar-refractivity contribution in [2.75, 3.05) is 6.54 Å². The van der Waals surface area contributed by atoms with Crippen LogP contribution >= 0.6 is 33.9 Å². The van der Waals surface area contributed by atoms with Crippen LogP contribution in [0.2, 0.25) is 0 Å². The summed E-state index contributed by atoms with van der Waals surface area (Å²) in [6.07, 6.45) is 3.03. The van der Waals surface area contributed by atoms with Gasteiger partial charge in [0.25, 0.3) is 5.91 Å². The Morgan fingerprint density at radius 3 is 2.95 bits per heavy atom. The van der Waals surface area contributed by atoms with Gasteiger partial charge in [-0.25, -0.2) is 0 Å². The maximum atomic E-state index is 11.9. The molecule has 0 aliphatic rings. The van der Waals surface area contributed by atoms with Crippen LogP contribution in [0, 0.1) is 2.88 Å². The molecule has 5 heteroatoms. The summed E-state index contributed by atoms with van der Waals surface area (Å²) in [6.45, 7) is 1.60. The third-order valence-corrected chi connectivity index (χ3v) is 5.16. The van der Waals surface area contributed by atoms with E-state index in [-0.39, 0.29) is 5.91 Å². The number of amides is 1. The Morgan fingerprint density at radius 1 is 1.29 bits per heavy atom. The Kier molecular flexibility index (Phi) is 4.60. The molecular formula is C16H15IN2OS. The Hall–Kier alpha value is -1.34. The summed E-state index contributed by atoms with van der Waals surface area (Å²) in [5, 5.41) is 6.13. The topological polar surface area (TPSA) is 34.0 Å². The largest absolute Gasteiger partial charge is 0.352 e. The van der Waals surface area contributed by atoms with Crippen molar-refractivity contribution in [2.45, 2.75) is 13.0 Å². The molecule has 1 N–H and O–H groups in total. The zero-order valence-corrected chi connectivity index (χ0v) is 14.4. The molecule has 0 fully saturated rings. The summed E-state index contributed by atoms with van der Waals surface area (Å²) in [6, 6.07) is 12.4. The number of thiophene rings is 1. The van der Waals surface area contributed by atoms with Crippen molar-refractivity contribution in [1.82, 2.24) is 9.88 Å². The highest BCUT2D eigenvalue weighted by Crippen LogP contribution is 2.17. The highest BCUT2D eigenvalue weighted by atomic mass is 127. The molecule has 0 unspecified atom stereocenters. The molecule has 0 bridgehead atoms. The number of nitrogens with zero attached hydrogens (tertiary/aromatic N) is 1. The van der Waals surface area contributed by atoms with E-state index >= 15 is 0 Å². The minimum Gasteiger partial charge on any atom is -0.352 e. The number of aryl methyl sites for hydroxylation is 1. The van der Waals surface area contributed by atoms with E-state index in [1.54, 1.807) is 11.3 Å². The number of halogens is 1. The van der Waals surface area contributed by atoms with E-state index in [9.17, 15) is 4.79 Å². The number of carbonyl (C=O) groups is 1. The van der Waals surface area contributed by atoms with Crippen molar-refractivity contribution in [1.29, 1.82) is 0 Å². The fraction of sp³-hybridized carbons (Fsp3) is 0.188. The monoisotopic (exact) mass is 410 g/mol. The normalized spacial score (nSPS) is 10.9. The molecule has 3 aromatic rings. The Morgan fingerprint density at radius 2 is 2.14 bits per heavy atom. The predicted molar refractivity (Wildman–Crippen MR) is 95.9 cm³/mol. The minimum atomic E-state index is 0.0199. The molecule has 0 saturated heterocycles. The molecule has 21 heavy (non-hydrogen) atoms. The lowest BCUT2D eigenvalue weighted by atomic mass is 10.2. The van der Waals surface area contributed by atoms with Gasteiger partial charge in [-0.1, -0.05) is 18.2 Å². The number of benzene rings is 1. The van der Waals surface area contributed by atoms with E-state index in [0.717, 1.165) is 21.4 Å². The van der Waals surface area contributed by atoms with Gasteiger partial charge in [-0.15, -0.1) is 11.3 Å². The van der Waals surface area contributed by atoms with Crippen LogP contribution in [0.1, 0.15) is 16.8 Å². The molecule has 108 valence electrons. The number of para-hydroxylation sites is 1. The molecule has 0 atom stereocenters. The van der Waals surface area contributed by atoms with E-state index < -0.39 is 0 Å². The molecule has 1 amide bonds. The maximum Gasteiger partial charge on any atom is 0.252 e. The lowest BCUT2D eigenvalue weighted by Gasteiger charge is -2.06. The number of hydrogen-bond donors (Lipinski definition) is 1. The molecule has 1 aromatic carbocycles. The van der Waals surface area contributed by atoms with Crippen LogP contribution in [0.5, 0.6) is 0 Å².